The van der Waals surface area contributed by atoms with Crippen molar-refractivity contribution in [3.63, 3.8) is 0 Å². The van der Waals surface area contributed by atoms with Crippen molar-refractivity contribution >= 4 is 5.97 Å². The van der Waals surface area contributed by atoms with Crippen molar-refractivity contribution in [2.45, 2.75) is 38.8 Å². The van der Waals surface area contributed by atoms with Crippen LogP contribution in [0.1, 0.15) is 26.3 Å². The summed E-state index contributed by atoms with van der Waals surface area (Å²) in [7, 11) is 0. The van der Waals surface area contributed by atoms with Gasteiger partial charge in [0.25, 0.3) is 0 Å². The largest absolute Gasteiger partial charge is 0.508 e. The van der Waals surface area contributed by atoms with Gasteiger partial charge in [-0.05, 0) is 44.9 Å². The summed E-state index contributed by atoms with van der Waals surface area (Å²) in [5.74, 6) is -0.317. The Hall–Kier alpha value is -1.59. The van der Waals surface area contributed by atoms with Crippen molar-refractivity contribution in [1.82, 2.24) is 5.48 Å². The van der Waals surface area contributed by atoms with E-state index >= 15 is 0 Å². The number of hydroxylamine groups is 1. The number of phenolic OH excluding ortho intramolecular Hbond substituents is 1. The lowest BCUT2D eigenvalue weighted by Gasteiger charge is -2.20. The summed E-state index contributed by atoms with van der Waals surface area (Å²) in [6, 6.07) is 5.82. The van der Waals surface area contributed by atoms with E-state index in [1.54, 1.807) is 24.3 Å². The molecule has 0 fully saturated rings. The molecule has 0 heterocycles. The average Bonchev–Trinajstić information content (AvgIpc) is 2.28. The lowest BCUT2D eigenvalue weighted by Crippen LogP contribution is -2.43. The molecule has 1 aromatic carbocycles. The van der Waals surface area contributed by atoms with Crippen LogP contribution in [-0.4, -0.2) is 22.7 Å². The normalized spacial score (nSPS) is 13.1. The molecule has 1 aromatic rings. The highest BCUT2D eigenvalue weighted by Crippen LogP contribution is 2.11. The number of rotatable bonds is 4. The molecule has 1 atom stereocenters. The smallest absolute Gasteiger partial charge is 0.341 e. The van der Waals surface area contributed by atoms with E-state index < -0.39 is 12.0 Å². The topological polar surface area (TPSA) is 84.6 Å². The zero-order valence-corrected chi connectivity index (χ0v) is 10.9. The zero-order valence-electron chi connectivity index (χ0n) is 10.9. The van der Waals surface area contributed by atoms with Crippen molar-refractivity contribution in [3.05, 3.63) is 29.8 Å². The number of aromatic hydroxyl groups is 1. The van der Waals surface area contributed by atoms with Gasteiger partial charge >= 0.3 is 5.97 Å². The predicted molar refractivity (Wildman–Crippen MR) is 68.8 cm³/mol. The van der Waals surface area contributed by atoms with Crippen LogP contribution in [0, 0.1) is 0 Å². The van der Waals surface area contributed by atoms with E-state index in [9.17, 15) is 4.79 Å². The number of nitrogens with two attached hydrogens (primary N) is 1. The Kier molecular flexibility index (Phi) is 4.69. The summed E-state index contributed by atoms with van der Waals surface area (Å²) in [5, 5.41) is 9.14. The second kappa shape index (κ2) is 5.84. The van der Waals surface area contributed by atoms with Crippen molar-refractivity contribution in [2.75, 3.05) is 0 Å². The maximum Gasteiger partial charge on any atom is 0.341 e. The van der Waals surface area contributed by atoms with E-state index in [1.807, 2.05) is 20.8 Å². The number of hydrogen-bond acceptors (Lipinski definition) is 5. The first-order valence-electron chi connectivity index (χ1n) is 5.79. The van der Waals surface area contributed by atoms with E-state index in [4.69, 9.17) is 15.7 Å². The summed E-state index contributed by atoms with van der Waals surface area (Å²) in [6.45, 7) is 5.64. The Labute approximate surface area is 107 Å². The Bertz CT molecular complexity index is 396. The molecule has 0 aliphatic rings. The lowest BCUT2D eigenvalue weighted by molar-refractivity contribution is -0.156. The van der Waals surface area contributed by atoms with E-state index in [0.29, 0.717) is 6.42 Å². The number of hydrogen-bond donors (Lipinski definition) is 3. The molecule has 100 valence electrons. The van der Waals surface area contributed by atoms with Crippen LogP contribution >= 0.6 is 0 Å². The number of nitrogens with one attached hydrogen (secondary N) is 1. The van der Waals surface area contributed by atoms with Crippen LogP contribution in [-0.2, 0) is 16.1 Å². The molecule has 18 heavy (non-hydrogen) atoms. The standard InChI is InChI=1S/C13H20N2O3/c1-13(2,3)15-18-12(17)11(14)8-9-4-6-10(16)7-5-9/h4-7,11,15-16H,8,14H2,1-3H3/t11-/m0/s1. The van der Waals surface area contributed by atoms with Gasteiger partial charge in [-0.3, -0.25) is 0 Å². The Morgan fingerprint density at radius 3 is 2.44 bits per heavy atom. The number of benzene rings is 1. The van der Waals surface area contributed by atoms with Crippen LogP contribution < -0.4 is 11.2 Å². The van der Waals surface area contributed by atoms with Crippen molar-refractivity contribution in [3.8, 4) is 5.75 Å². The third-order valence-corrected chi connectivity index (χ3v) is 2.15. The fourth-order valence-corrected chi connectivity index (χ4v) is 1.25. The van der Waals surface area contributed by atoms with Gasteiger partial charge in [-0.1, -0.05) is 12.1 Å². The molecule has 0 spiro atoms. The summed E-state index contributed by atoms with van der Waals surface area (Å²) >= 11 is 0. The second-order valence-corrected chi connectivity index (χ2v) is 5.25. The first-order valence-corrected chi connectivity index (χ1v) is 5.79. The first kappa shape index (κ1) is 14.5. The molecule has 0 radical (unpaired) electrons. The summed E-state index contributed by atoms with van der Waals surface area (Å²) < 4.78 is 0. The van der Waals surface area contributed by atoms with Crippen LogP contribution in [0.3, 0.4) is 0 Å². The minimum Gasteiger partial charge on any atom is -0.508 e. The van der Waals surface area contributed by atoms with E-state index in [1.165, 1.54) is 0 Å². The van der Waals surface area contributed by atoms with Gasteiger partial charge in [0, 0.05) is 5.54 Å². The molecular weight excluding hydrogens is 232 g/mol. The van der Waals surface area contributed by atoms with Gasteiger partial charge in [0.15, 0.2) is 0 Å². The van der Waals surface area contributed by atoms with Gasteiger partial charge in [0.05, 0.1) is 0 Å². The number of carbonyl (C=O) groups excluding carboxylic acids is 1. The molecule has 0 bridgehead atoms. The van der Waals surface area contributed by atoms with Crippen molar-refractivity contribution in [2.24, 2.45) is 5.73 Å². The highest BCUT2D eigenvalue weighted by molar-refractivity contribution is 5.75. The van der Waals surface area contributed by atoms with Crippen LogP contribution in [0.5, 0.6) is 5.75 Å². The van der Waals surface area contributed by atoms with Crippen LogP contribution in [0.4, 0.5) is 0 Å². The summed E-state index contributed by atoms with van der Waals surface area (Å²) in [5.41, 5.74) is 8.92. The summed E-state index contributed by atoms with van der Waals surface area (Å²) in [4.78, 5) is 16.5. The van der Waals surface area contributed by atoms with Gasteiger partial charge in [-0.25, -0.2) is 4.79 Å². The van der Waals surface area contributed by atoms with Crippen LogP contribution in [0.2, 0.25) is 0 Å². The molecule has 4 N–H and O–H groups in total. The molecule has 0 saturated heterocycles. The molecule has 0 aliphatic heterocycles. The Morgan fingerprint density at radius 1 is 1.39 bits per heavy atom. The highest BCUT2D eigenvalue weighted by atomic mass is 16.7. The first-order chi connectivity index (χ1) is 8.28. The molecule has 0 unspecified atom stereocenters. The van der Waals surface area contributed by atoms with Crippen molar-refractivity contribution in [1.29, 1.82) is 0 Å². The maximum absolute atomic E-state index is 11.6. The van der Waals surface area contributed by atoms with Crippen LogP contribution in [0.15, 0.2) is 24.3 Å². The SMILES string of the molecule is CC(C)(C)NOC(=O)[C@@H](N)Cc1ccc(O)cc1. The Balaban J connectivity index is 2.47. The molecule has 0 aromatic heterocycles. The predicted octanol–water partition coefficient (Wildman–Crippen LogP) is 1.11. The minimum absolute atomic E-state index is 0.185. The highest BCUT2D eigenvalue weighted by Gasteiger charge is 2.19. The maximum atomic E-state index is 11.6. The minimum atomic E-state index is -0.732. The van der Waals surface area contributed by atoms with Gasteiger partial charge < -0.3 is 15.7 Å². The third-order valence-electron chi connectivity index (χ3n) is 2.15. The second-order valence-electron chi connectivity index (χ2n) is 5.25. The Morgan fingerprint density at radius 2 is 1.94 bits per heavy atom. The molecule has 5 nitrogen and oxygen atoms in total. The fourth-order valence-electron chi connectivity index (χ4n) is 1.25. The van der Waals surface area contributed by atoms with Crippen molar-refractivity contribution < 1.29 is 14.7 Å². The average molecular weight is 252 g/mol. The zero-order chi connectivity index (χ0) is 13.8. The van der Waals surface area contributed by atoms with E-state index in [0.717, 1.165) is 5.56 Å². The monoisotopic (exact) mass is 252 g/mol. The van der Waals surface area contributed by atoms with E-state index in [-0.39, 0.29) is 11.3 Å². The van der Waals surface area contributed by atoms with Gasteiger partial charge in [0.1, 0.15) is 11.8 Å². The third kappa shape index (κ3) is 5.16. The quantitative estimate of drug-likeness (QED) is 0.699. The molecule has 5 heteroatoms. The number of carbonyl (C=O) groups is 1. The lowest BCUT2D eigenvalue weighted by atomic mass is 10.1. The molecule has 0 amide bonds. The van der Waals surface area contributed by atoms with Gasteiger partial charge in [0.2, 0.25) is 0 Å². The van der Waals surface area contributed by atoms with Gasteiger partial charge in [-0.15, -0.1) is 5.48 Å². The van der Waals surface area contributed by atoms with Crippen LogP contribution in [0.25, 0.3) is 0 Å². The molecule has 0 aliphatic carbocycles. The number of phenols is 1. The van der Waals surface area contributed by atoms with E-state index in [2.05, 4.69) is 5.48 Å². The van der Waals surface area contributed by atoms with Gasteiger partial charge in [-0.2, -0.15) is 0 Å². The molecule has 1 rings (SSSR count). The molecular formula is C13H20N2O3. The fraction of sp³-hybridized carbons (Fsp3) is 0.462. The molecule has 0 saturated carbocycles. The summed E-state index contributed by atoms with van der Waals surface area (Å²) in [6.07, 6.45) is 0.366.